The van der Waals surface area contributed by atoms with Crippen molar-refractivity contribution in [2.75, 3.05) is 18.0 Å². The van der Waals surface area contributed by atoms with E-state index in [1.165, 1.54) is 11.5 Å². The number of azo groups is 1. The molecule has 0 bridgehead atoms. The molecule has 0 atom stereocenters. The molecule has 3 aromatic rings. The van der Waals surface area contributed by atoms with Crippen LogP contribution in [-0.2, 0) is 5.41 Å². The lowest BCUT2D eigenvalue weighted by Gasteiger charge is -2.20. The van der Waals surface area contributed by atoms with Gasteiger partial charge in [-0.15, -0.1) is 10.2 Å². The van der Waals surface area contributed by atoms with Crippen molar-refractivity contribution in [3.63, 3.8) is 0 Å². The third-order valence-electron chi connectivity index (χ3n) is 4.61. The quantitative estimate of drug-likeness (QED) is 0.256. The van der Waals surface area contributed by atoms with Gasteiger partial charge in [0.15, 0.2) is 15.1 Å². The van der Waals surface area contributed by atoms with E-state index in [1.807, 2.05) is 30.3 Å². The van der Waals surface area contributed by atoms with Crippen LogP contribution < -0.4 is 4.90 Å². The van der Waals surface area contributed by atoms with E-state index in [0.29, 0.717) is 16.4 Å². The Balaban J connectivity index is 1.99. The van der Waals surface area contributed by atoms with Gasteiger partial charge < -0.3 is 4.90 Å². The molecule has 2 heterocycles. The van der Waals surface area contributed by atoms with Gasteiger partial charge in [-0.3, -0.25) is 0 Å². The molecule has 6 nitrogen and oxygen atoms in total. The summed E-state index contributed by atoms with van der Waals surface area (Å²) in [6.07, 6.45) is 2.14. The van der Waals surface area contributed by atoms with Gasteiger partial charge in [0.25, 0.3) is 5.69 Å². The molecular formula is C23H28N6S2. The second-order valence-electron chi connectivity index (χ2n) is 8.25. The number of aromatic nitrogens is 2. The third kappa shape index (κ3) is 5.35. The molecule has 0 aliphatic heterocycles. The SMILES string of the molecule is [C-]#[N+]c1c(-c2ccccc2)nsc1N=Nc1sc(N(CCC)CCC)nc1C(C)(C)C. The van der Waals surface area contributed by atoms with Gasteiger partial charge in [0.05, 0.1) is 18.0 Å². The van der Waals surface area contributed by atoms with Crippen molar-refractivity contribution in [2.24, 2.45) is 10.2 Å². The fourth-order valence-electron chi connectivity index (χ4n) is 3.15. The van der Waals surface area contributed by atoms with Gasteiger partial charge in [-0.2, -0.15) is 0 Å². The first-order valence-electron chi connectivity index (χ1n) is 10.5. The summed E-state index contributed by atoms with van der Waals surface area (Å²) < 4.78 is 4.48. The molecule has 0 aliphatic rings. The molecule has 0 radical (unpaired) electrons. The third-order valence-corrected chi connectivity index (χ3v) is 6.33. The van der Waals surface area contributed by atoms with Crippen LogP contribution in [0.25, 0.3) is 16.1 Å². The molecule has 162 valence electrons. The largest absolute Gasteiger partial charge is 0.348 e. The van der Waals surface area contributed by atoms with Gasteiger partial charge in [0.1, 0.15) is 0 Å². The molecule has 0 saturated carbocycles. The van der Waals surface area contributed by atoms with Crippen LogP contribution in [-0.4, -0.2) is 22.4 Å². The van der Waals surface area contributed by atoms with Crippen molar-refractivity contribution in [3.05, 3.63) is 47.4 Å². The maximum Gasteiger partial charge on any atom is 0.252 e. The van der Waals surface area contributed by atoms with Crippen molar-refractivity contribution in [1.29, 1.82) is 0 Å². The topological polar surface area (TPSA) is 58.1 Å². The molecule has 3 rings (SSSR count). The minimum Gasteiger partial charge on any atom is -0.348 e. The summed E-state index contributed by atoms with van der Waals surface area (Å²) in [6.45, 7) is 20.4. The Morgan fingerprint density at radius 1 is 1.03 bits per heavy atom. The first-order chi connectivity index (χ1) is 14.9. The monoisotopic (exact) mass is 452 g/mol. The van der Waals surface area contributed by atoms with Gasteiger partial charge in [0, 0.05) is 18.5 Å². The molecule has 8 heteroatoms. The summed E-state index contributed by atoms with van der Waals surface area (Å²) in [5.74, 6) is 0. The molecular weight excluding hydrogens is 424 g/mol. The lowest BCUT2D eigenvalue weighted by molar-refractivity contribution is 0.572. The van der Waals surface area contributed by atoms with Gasteiger partial charge in [-0.05, 0) is 29.9 Å². The minimum atomic E-state index is -0.154. The van der Waals surface area contributed by atoms with Crippen LogP contribution in [0.1, 0.15) is 53.2 Å². The van der Waals surface area contributed by atoms with E-state index in [1.54, 1.807) is 11.3 Å². The summed E-state index contributed by atoms with van der Waals surface area (Å²) >= 11 is 2.78. The molecule has 0 amide bonds. The standard InChI is InChI=1S/C23H28N6S2/c1-7-14-29(15-8-2)22-25-19(23(3,4)5)21(30-22)27-26-20-18(24-6)17(28-31-20)16-12-10-9-11-13-16/h9-13H,7-8,14-15H2,1-5H3. The summed E-state index contributed by atoms with van der Waals surface area (Å²) in [5.41, 5.74) is 2.80. The van der Waals surface area contributed by atoms with Crippen LogP contribution in [0, 0.1) is 6.57 Å². The number of rotatable bonds is 8. The molecule has 0 unspecified atom stereocenters. The highest BCUT2D eigenvalue weighted by molar-refractivity contribution is 7.19. The average Bonchev–Trinajstić information content (AvgIpc) is 3.36. The van der Waals surface area contributed by atoms with E-state index < -0.39 is 0 Å². The van der Waals surface area contributed by atoms with Crippen LogP contribution in [0.4, 0.5) is 20.8 Å². The Hall–Kier alpha value is -2.63. The molecule has 1 aromatic carbocycles. The lowest BCUT2D eigenvalue weighted by Crippen LogP contribution is -2.25. The highest BCUT2D eigenvalue weighted by Crippen LogP contribution is 2.44. The zero-order valence-corrected chi connectivity index (χ0v) is 20.3. The van der Waals surface area contributed by atoms with E-state index in [2.05, 4.69) is 59.0 Å². The first-order valence-corrected chi connectivity index (χ1v) is 12.1. The van der Waals surface area contributed by atoms with E-state index in [0.717, 1.165) is 47.3 Å². The number of anilines is 1. The van der Waals surface area contributed by atoms with E-state index in [-0.39, 0.29) is 5.41 Å². The predicted octanol–water partition coefficient (Wildman–Crippen LogP) is 8.16. The predicted molar refractivity (Wildman–Crippen MR) is 132 cm³/mol. The number of hydrogen-bond donors (Lipinski definition) is 0. The van der Waals surface area contributed by atoms with Crippen molar-refractivity contribution >= 4 is 43.7 Å². The molecule has 31 heavy (non-hydrogen) atoms. The normalized spacial score (nSPS) is 11.7. The Labute approximate surface area is 192 Å². The highest BCUT2D eigenvalue weighted by atomic mass is 32.1. The zero-order chi connectivity index (χ0) is 22.4. The van der Waals surface area contributed by atoms with E-state index in [9.17, 15) is 0 Å². The Morgan fingerprint density at radius 2 is 1.68 bits per heavy atom. The van der Waals surface area contributed by atoms with E-state index >= 15 is 0 Å². The van der Waals surface area contributed by atoms with Crippen molar-refractivity contribution < 1.29 is 0 Å². The molecule has 0 fully saturated rings. The fraction of sp³-hybridized carbons (Fsp3) is 0.435. The highest BCUT2D eigenvalue weighted by Gasteiger charge is 2.25. The number of hydrogen-bond acceptors (Lipinski definition) is 7. The Bertz CT molecular complexity index is 1060. The summed E-state index contributed by atoms with van der Waals surface area (Å²) in [7, 11) is 0. The second-order valence-corrected chi connectivity index (χ2v) is 9.96. The summed E-state index contributed by atoms with van der Waals surface area (Å²) in [5, 5.41) is 11.3. The van der Waals surface area contributed by atoms with Gasteiger partial charge >= 0.3 is 0 Å². The number of nitrogens with zero attached hydrogens (tertiary/aromatic N) is 6. The van der Waals surface area contributed by atoms with Crippen molar-refractivity contribution in [2.45, 2.75) is 52.9 Å². The van der Waals surface area contributed by atoms with Gasteiger partial charge in [-0.25, -0.2) is 14.2 Å². The van der Waals surface area contributed by atoms with Crippen LogP contribution in [0.15, 0.2) is 40.6 Å². The van der Waals surface area contributed by atoms with Gasteiger partial charge in [0.2, 0.25) is 0 Å². The Kier molecular flexibility index (Phi) is 7.52. The summed E-state index contributed by atoms with van der Waals surface area (Å²) in [6, 6.07) is 9.73. The van der Waals surface area contributed by atoms with E-state index in [4.69, 9.17) is 11.6 Å². The van der Waals surface area contributed by atoms with Crippen molar-refractivity contribution in [3.8, 4) is 11.3 Å². The molecule has 0 spiro atoms. The molecule has 0 aliphatic carbocycles. The Morgan fingerprint density at radius 3 is 2.26 bits per heavy atom. The van der Waals surface area contributed by atoms with Crippen LogP contribution in [0.5, 0.6) is 0 Å². The van der Waals surface area contributed by atoms with Crippen LogP contribution in [0.2, 0.25) is 0 Å². The first kappa shape index (κ1) is 23.0. The zero-order valence-electron chi connectivity index (χ0n) is 18.7. The molecule has 0 N–H and O–H groups in total. The number of thiazole rings is 1. The van der Waals surface area contributed by atoms with Crippen LogP contribution in [0.3, 0.4) is 0 Å². The average molecular weight is 453 g/mol. The van der Waals surface area contributed by atoms with Crippen LogP contribution >= 0.6 is 22.9 Å². The molecule has 0 saturated heterocycles. The number of benzene rings is 1. The smallest absolute Gasteiger partial charge is 0.252 e. The van der Waals surface area contributed by atoms with Gasteiger partial charge in [-0.1, -0.05) is 76.3 Å². The maximum absolute atomic E-state index is 7.64. The van der Waals surface area contributed by atoms with Crippen molar-refractivity contribution in [1.82, 2.24) is 9.36 Å². The molecule has 2 aromatic heterocycles. The lowest BCUT2D eigenvalue weighted by atomic mass is 9.93. The maximum atomic E-state index is 7.64. The fourth-order valence-corrected chi connectivity index (χ4v) is 4.98. The second kappa shape index (κ2) is 10.1. The minimum absolute atomic E-state index is 0.154. The summed E-state index contributed by atoms with van der Waals surface area (Å²) in [4.78, 5) is 11.0.